The molecule has 0 bridgehead atoms. The van der Waals surface area contributed by atoms with Crippen LogP contribution < -0.4 is 4.74 Å². The molecule has 0 fully saturated rings. The summed E-state index contributed by atoms with van der Waals surface area (Å²) in [5, 5.41) is 0. The van der Waals surface area contributed by atoms with Crippen molar-refractivity contribution in [2.24, 2.45) is 0 Å². The van der Waals surface area contributed by atoms with Gasteiger partial charge in [-0.05, 0) is 37.5 Å². The van der Waals surface area contributed by atoms with Crippen LogP contribution in [0.3, 0.4) is 0 Å². The Morgan fingerprint density at radius 3 is 2.67 bits per heavy atom. The molecule has 0 heterocycles. The summed E-state index contributed by atoms with van der Waals surface area (Å²) in [5.74, 6) is 0.577. The fraction of sp³-hybridized carbons (Fsp3) is 0.533. The van der Waals surface area contributed by atoms with Crippen LogP contribution in [0.4, 0.5) is 4.79 Å². The van der Waals surface area contributed by atoms with Crippen LogP contribution in [-0.2, 0) is 4.74 Å². The van der Waals surface area contributed by atoms with Gasteiger partial charge in [0.1, 0.15) is 5.75 Å². The topological polar surface area (TPSA) is 35.5 Å². The largest absolute Gasteiger partial charge is 0.513 e. The highest BCUT2D eigenvalue weighted by Crippen LogP contribution is 2.20. The minimum absolute atomic E-state index is 0.434. The van der Waals surface area contributed by atoms with Crippen LogP contribution in [0.5, 0.6) is 5.75 Å². The van der Waals surface area contributed by atoms with Gasteiger partial charge in [0.15, 0.2) is 0 Å². The molecular formula is C15H22O3. The molecule has 0 unspecified atom stereocenters. The van der Waals surface area contributed by atoms with E-state index in [-0.39, 0.29) is 0 Å². The molecule has 0 spiro atoms. The summed E-state index contributed by atoms with van der Waals surface area (Å²) in [5.41, 5.74) is 2.07. The smallest absolute Gasteiger partial charge is 0.434 e. The summed E-state index contributed by atoms with van der Waals surface area (Å²) in [7, 11) is 0. The quantitative estimate of drug-likeness (QED) is 0.426. The number of hydrogen-bond acceptors (Lipinski definition) is 3. The zero-order chi connectivity index (χ0) is 13.4. The van der Waals surface area contributed by atoms with Crippen LogP contribution in [0.25, 0.3) is 0 Å². The van der Waals surface area contributed by atoms with Gasteiger partial charge in [0.25, 0.3) is 0 Å². The van der Waals surface area contributed by atoms with E-state index in [2.05, 4.69) is 6.92 Å². The van der Waals surface area contributed by atoms with E-state index in [0.717, 1.165) is 24.0 Å². The molecule has 3 heteroatoms. The Labute approximate surface area is 109 Å². The fourth-order valence-electron chi connectivity index (χ4n) is 1.64. The first-order valence-corrected chi connectivity index (χ1v) is 6.56. The number of rotatable bonds is 6. The van der Waals surface area contributed by atoms with Gasteiger partial charge in [-0.3, -0.25) is 0 Å². The number of carbonyl (C=O) groups is 1. The lowest BCUT2D eigenvalue weighted by Crippen LogP contribution is -2.12. The number of benzene rings is 1. The van der Waals surface area contributed by atoms with Crippen molar-refractivity contribution in [3.8, 4) is 5.75 Å². The zero-order valence-electron chi connectivity index (χ0n) is 11.5. The van der Waals surface area contributed by atoms with E-state index in [1.807, 2.05) is 26.0 Å². The monoisotopic (exact) mass is 250 g/mol. The Morgan fingerprint density at radius 1 is 1.17 bits per heavy atom. The molecule has 1 aromatic carbocycles. The van der Waals surface area contributed by atoms with Crippen molar-refractivity contribution >= 4 is 6.16 Å². The summed E-state index contributed by atoms with van der Waals surface area (Å²) in [6.07, 6.45) is 3.73. The summed E-state index contributed by atoms with van der Waals surface area (Å²) in [6.45, 7) is 6.50. The van der Waals surface area contributed by atoms with Gasteiger partial charge < -0.3 is 9.47 Å². The van der Waals surface area contributed by atoms with Crippen molar-refractivity contribution in [3.63, 3.8) is 0 Å². The second kappa shape index (κ2) is 7.75. The average molecular weight is 250 g/mol. The van der Waals surface area contributed by atoms with Gasteiger partial charge in [0.05, 0.1) is 6.61 Å². The zero-order valence-corrected chi connectivity index (χ0v) is 11.5. The van der Waals surface area contributed by atoms with Crippen molar-refractivity contribution in [1.29, 1.82) is 0 Å². The minimum Gasteiger partial charge on any atom is -0.434 e. The Kier molecular flexibility index (Phi) is 6.26. The summed E-state index contributed by atoms with van der Waals surface area (Å²) < 4.78 is 10.2. The second-order valence-electron chi connectivity index (χ2n) is 4.46. The van der Waals surface area contributed by atoms with Crippen LogP contribution in [0.2, 0.25) is 0 Å². The van der Waals surface area contributed by atoms with E-state index < -0.39 is 6.16 Å². The van der Waals surface area contributed by atoms with Gasteiger partial charge >= 0.3 is 6.16 Å². The predicted molar refractivity (Wildman–Crippen MR) is 72.0 cm³/mol. The normalized spacial score (nSPS) is 10.2. The maximum absolute atomic E-state index is 11.5. The highest BCUT2D eigenvalue weighted by atomic mass is 16.7. The standard InChI is InChI=1S/C15H22O3/c1-4-5-6-7-11-17-15(16)18-14-10-8-9-12(2)13(14)3/h8-10H,4-7,11H2,1-3H3. The van der Waals surface area contributed by atoms with Crippen LogP contribution >= 0.6 is 0 Å². The lowest BCUT2D eigenvalue weighted by Gasteiger charge is -2.09. The molecule has 100 valence electrons. The Bertz CT molecular complexity index is 385. The highest BCUT2D eigenvalue weighted by Gasteiger charge is 2.08. The molecule has 0 saturated carbocycles. The first-order chi connectivity index (χ1) is 8.65. The summed E-state index contributed by atoms with van der Waals surface area (Å²) >= 11 is 0. The molecule has 0 amide bonds. The number of aryl methyl sites for hydroxylation is 1. The molecule has 0 aliphatic rings. The van der Waals surface area contributed by atoms with Gasteiger partial charge in [-0.2, -0.15) is 0 Å². The molecule has 18 heavy (non-hydrogen) atoms. The molecule has 3 nitrogen and oxygen atoms in total. The highest BCUT2D eigenvalue weighted by molar-refractivity contribution is 5.64. The third-order valence-corrected chi connectivity index (χ3v) is 2.97. The van der Waals surface area contributed by atoms with Crippen LogP contribution in [-0.4, -0.2) is 12.8 Å². The van der Waals surface area contributed by atoms with E-state index >= 15 is 0 Å². The van der Waals surface area contributed by atoms with E-state index in [0.29, 0.717) is 12.4 Å². The lowest BCUT2D eigenvalue weighted by molar-refractivity contribution is 0.0970. The van der Waals surface area contributed by atoms with Crippen molar-refractivity contribution in [1.82, 2.24) is 0 Å². The number of hydrogen-bond donors (Lipinski definition) is 0. The summed E-state index contributed by atoms with van der Waals surface area (Å²) in [6, 6.07) is 5.63. The van der Waals surface area contributed by atoms with Gasteiger partial charge in [-0.1, -0.05) is 38.3 Å². The molecule has 0 saturated heterocycles. The Hall–Kier alpha value is -1.51. The molecule has 0 aliphatic carbocycles. The first-order valence-electron chi connectivity index (χ1n) is 6.56. The molecular weight excluding hydrogens is 228 g/mol. The molecule has 0 atom stereocenters. The van der Waals surface area contributed by atoms with Crippen LogP contribution in [0.15, 0.2) is 18.2 Å². The van der Waals surface area contributed by atoms with Gasteiger partial charge in [0.2, 0.25) is 0 Å². The second-order valence-corrected chi connectivity index (χ2v) is 4.46. The SMILES string of the molecule is CCCCCCOC(=O)Oc1cccc(C)c1C. The van der Waals surface area contributed by atoms with Gasteiger partial charge in [-0.15, -0.1) is 0 Å². The average Bonchev–Trinajstić information content (AvgIpc) is 2.35. The van der Waals surface area contributed by atoms with Crippen LogP contribution in [0, 0.1) is 13.8 Å². The molecule has 0 aliphatic heterocycles. The van der Waals surface area contributed by atoms with Crippen molar-refractivity contribution in [3.05, 3.63) is 29.3 Å². The molecule has 1 rings (SSSR count). The van der Waals surface area contributed by atoms with Gasteiger partial charge in [0, 0.05) is 0 Å². The maximum atomic E-state index is 11.5. The van der Waals surface area contributed by atoms with E-state index in [1.165, 1.54) is 12.8 Å². The molecule has 1 aromatic rings. The van der Waals surface area contributed by atoms with Gasteiger partial charge in [-0.25, -0.2) is 4.79 Å². The minimum atomic E-state index is -0.611. The Morgan fingerprint density at radius 2 is 1.94 bits per heavy atom. The Balaban J connectivity index is 2.34. The van der Waals surface area contributed by atoms with Crippen LogP contribution in [0.1, 0.15) is 43.7 Å². The fourth-order valence-corrected chi connectivity index (χ4v) is 1.64. The third-order valence-electron chi connectivity index (χ3n) is 2.97. The predicted octanol–water partition coefficient (Wildman–Crippen LogP) is 4.40. The molecule has 0 radical (unpaired) electrons. The van der Waals surface area contributed by atoms with E-state index in [1.54, 1.807) is 6.07 Å². The molecule has 0 aromatic heterocycles. The maximum Gasteiger partial charge on any atom is 0.513 e. The first kappa shape index (κ1) is 14.6. The van der Waals surface area contributed by atoms with Crippen molar-refractivity contribution < 1.29 is 14.3 Å². The molecule has 0 N–H and O–H groups in total. The van der Waals surface area contributed by atoms with E-state index in [4.69, 9.17) is 9.47 Å². The third kappa shape index (κ3) is 4.78. The number of unbranched alkanes of at least 4 members (excludes halogenated alkanes) is 3. The van der Waals surface area contributed by atoms with Crippen molar-refractivity contribution in [2.75, 3.05) is 6.61 Å². The number of ether oxygens (including phenoxy) is 2. The summed E-state index contributed by atoms with van der Waals surface area (Å²) in [4.78, 5) is 11.5. The van der Waals surface area contributed by atoms with E-state index in [9.17, 15) is 4.79 Å². The van der Waals surface area contributed by atoms with Crippen molar-refractivity contribution in [2.45, 2.75) is 46.5 Å². The number of carbonyl (C=O) groups excluding carboxylic acids is 1. The lowest BCUT2D eigenvalue weighted by atomic mass is 10.1.